The number of hydrogen-bond donors (Lipinski definition) is 0. The zero-order chi connectivity index (χ0) is 21.1. The molecule has 0 bridgehead atoms. The molecule has 0 unspecified atom stereocenters. The van der Waals surface area contributed by atoms with Crippen LogP contribution in [0.15, 0.2) is 10.6 Å². The molecule has 0 radical (unpaired) electrons. The number of ketones is 1. The molecule has 164 valence electrons. The van der Waals surface area contributed by atoms with E-state index >= 15 is 0 Å². The fourth-order valence-corrected chi connectivity index (χ4v) is 4.46. The summed E-state index contributed by atoms with van der Waals surface area (Å²) in [5.41, 5.74) is 0.325. The van der Waals surface area contributed by atoms with Gasteiger partial charge < -0.3 is 14.0 Å². The first kappa shape index (κ1) is 22.4. The van der Waals surface area contributed by atoms with E-state index < -0.39 is 5.54 Å². The number of hydrogen-bond acceptors (Lipinski definition) is 6. The minimum atomic E-state index is -0.540. The van der Waals surface area contributed by atoms with Crippen LogP contribution in [0.25, 0.3) is 0 Å². The normalized spacial score (nSPS) is 20.3. The van der Waals surface area contributed by atoms with Crippen molar-refractivity contribution in [3.8, 4) is 0 Å². The van der Waals surface area contributed by atoms with Crippen LogP contribution in [0.3, 0.4) is 0 Å². The van der Waals surface area contributed by atoms with Crippen LogP contribution in [0, 0.1) is 11.8 Å². The summed E-state index contributed by atoms with van der Waals surface area (Å²) in [4.78, 5) is 15.3. The van der Waals surface area contributed by atoms with Gasteiger partial charge in [0, 0.05) is 44.5 Å². The average Bonchev–Trinajstić information content (AvgIpc) is 3.18. The highest BCUT2D eigenvalue weighted by Gasteiger charge is 2.37. The Morgan fingerprint density at radius 1 is 1.07 bits per heavy atom. The summed E-state index contributed by atoms with van der Waals surface area (Å²) in [6, 6.07) is 1.99. The summed E-state index contributed by atoms with van der Waals surface area (Å²) < 4.78 is 16.6. The molecule has 0 amide bonds. The fourth-order valence-electron chi connectivity index (χ4n) is 4.46. The van der Waals surface area contributed by atoms with Gasteiger partial charge in [-0.25, -0.2) is 0 Å². The molecule has 2 aliphatic rings. The molecule has 0 N–H and O–H groups in total. The van der Waals surface area contributed by atoms with E-state index in [0.29, 0.717) is 17.6 Å². The fraction of sp³-hybridized carbons (Fsp3) is 0.826. The third-order valence-corrected chi connectivity index (χ3v) is 7.31. The quantitative estimate of drug-likeness (QED) is 0.657. The minimum Gasteiger partial charge on any atom is -0.381 e. The van der Waals surface area contributed by atoms with Gasteiger partial charge in [-0.15, -0.1) is 0 Å². The van der Waals surface area contributed by atoms with Crippen molar-refractivity contribution in [1.82, 2.24) is 10.1 Å². The molecule has 0 spiro atoms. The molecule has 29 heavy (non-hydrogen) atoms. The molecule has 1 aromatic rings. The van der Waals surface area contributed by atoms with Crippen molar-refractivity contribution >= 4 is 5.78 Å². The van der Waals surface area contributed by atoms with Crippen molar-refractivity contribution in [2.75, 3.05) is 40.0 Å². The van der Waals surface area contributed by atoms with E-state index in [-0.39, 0.29) is 17.6 Å². The topological polar surface area (TPSA) is 64.8 Å². The summed E-state index contributed by atoms with van der Waals surface area (Å²) in [6.07, 6.45) is 4.50. The molecular weight excluding hydrogens is 368 g/mol. The van der Waals surface area contributed by atoms with E-state index in [9.17, 15) is 4.79 Å². The lowest BCUT2D eigenvalue weighted by Crippen LogP contribution is -2.50. The lowest BCUT2D eigenvalue weighted by molar-refractivity contribution is -0.128. The van der Waals surface area contributed by atoms with Crippen molar-refractivity contribution in [2.24, 2.45) is 11.8 Å². The molecule has 0 atom stereocenters. The van der Waals surface area contributed by atoms with E-state index in [0.717, 1.165) is 64.3 Å². The lowest BCUT2D eigenvalue weighted by atomic mass is 9.72. The molecule has 0 saturated carbocycles. The molecule has 2 aliphatic heterocycles. The van der Waals surface area contributed by atoms with Gasteiger partial charge in [0.2, 0.25) is 0 Å². The summed E-state index contributed by atoms with van der Waals surface area (Å²) in [6.45, 7) is 12.7. The molecule has 0 aromatic carbocycles. The van der Waals surface area contributed by atoms with Crippen LogP contribution in [-0.2, 0) is 26.1 Å². The van der Waals surface area contributed by atoms with Crippen molar-refractivity contribution < 1.29 is 18.8 Å². The Hall–Kier alpha value is -1.24. The SMILES string of the molecule is CN(CC1CCOCC1)C(C)(C)C(=O)Cc1cc(C(C)(C)C2CCOCC2)no1. The van der Waals surface area contributed by atoms with Gasteiger partial charge in [0.25, 0.3) is 0 Å². The van der Waals surface area contributed by atoms with Crippen LogP contribution in [0.1, 0.15) is 64.8 Å². The van der Waals surface area contributed by atoms with Crippen LogP contribution >= 0.6 is 0 Å². The predicted molar refractivity (Wildman–Crippen MR) is 112 cm³/mol. The predicted octanol–water partition coefficient (Wildman–Crippen LogP) is 3.63. The zero-order valence-electron chi connectivity index (χ0n) is 18.8. The number of rotatable bonds is 8. The standard InChI is InChI=1S/C23H38N2O4/c1-22(2,18-8-12-28-13-9-18)20-14-19(29-24-20)15-21(26)23(3,4)25(5)16-17-6-10-27-11-7-17/h14,17-18H,6-13,15-16H2,1-5H3. The van der Waals surface area contributed by atoms with Gasteiger partial charge in [0.05, 0.1) is 17.7 Å². The van der Waals surface area contributed by atoms with E-state index in [1.54, 1.807) is 0 Å². The number of nitrogens with zero attached hydrogens (tertiary/aromatic N) is 2. The summed E-state index contributed by atoms with van der Waals surface area (Å²) >= 11 is 0. The molecule has 1 aromatic heterocycles. The van der Waals surface area contributed by atoms with Gasteiger partial charge in [0.15, 0.2) is 5.78 Å². The van der Waals surface area contributed by atoms with Crippen molar-refractivity contribution in [1.29, 1.82) is 0 Å². The van der Waals surface area contributed by atoms with Gasteiger partial charge >= 0.3 is 0 Å². The second-order valence-electron chi connectivity index (χ2n) is 9.88. The van der Waals surface area contributed by atoms with Crippen LogP contribution in [0.2, 0.25) is 0 Å². The Kier molecular flexibility index (Phi) is 7.18. The molecule has 6 heteroatoms. The van der Waals surface area contributed by atoms with E-state index in [1.807, 2.05) is 27.0 Å². The Morgan fingerprint density at radius 2 is 1.66 bits per heavy atom. The number of aromatic nitrogens is 1. The van der Waals surface area contributed by atoms with Crippen LogP contribution in [0.5, 0.6) is 0 Å². The first-order chi connectivity index (χ1) is 13.7. The highest BCUT2D eigenvalue weighted by Crippen LogP contribution is 2.37. The number of Topliss-reactive ketones (excluding diaryl/α,β-unsaturated/α-hetero) is 1. The summed E-state index contributed by atoms with van der Waals surface area (Å²) in [5, 5.41) is 4.34. The number of likely N-dealkylation sites (N-methyl/N-ethyl adjacent to an activating group) is 1. The molecule has 2 saturated heterocycles. The van der Waals surface area contributed by atoms with Gasteiger partial charge in [0.1, 0.15) is 5.76 Å². The average molecular weight is 407 g/mol. The Bertz CT molecular complexity index is 670. The number of carbonyl (C=O) groups excluding carboxylic acids is 1. The highest BCUT2D eigenvalue weighted by molar-refractivity contribution is 5.89. The monoisotopic (exact) mass is 406 g/mol. The van der Waals surface area contributed by atoms with Gasteiger partial charge in [-0.1, -0.05) is 19.0 Å². The van der Waals surface area contributed by atoms with Crippen molar-refractivity contribution in [3.05, 3.63) is 17.5 Å². The lowest BCUT2D eigenvalue weighted by Gasteiger charge is -2.37. The van der Waals surface area contributed by atoms with E-state index in [2.05, 4.69) is 23.9 Å². The molecule has 3 heterocycles. The maximum absolute atomic E-state index is 13.1. The first-order valence-electron chi connectivity index (χ1n) is 11.1. The van der Waals surface area contributed by atoms with Gasteiger partial charge in [-0.2, -0.15) is 0 Å². The smallest absolute Gasteiger partial charge is 0.160 e. The van der Waals surface area contributed by atoms with E-state index in [4.69, 9.17) is 14.0 Å². The summed E-state index contributed by atoms with van der Waals surface area (Å²) in [7, 11) is 2.05. The van der Waals surface area contributed by atoms with Gasteiger partial charge in [-0.05, 0) is 58.4 Å². The number of ether oxygens (including phenoxy) is 2. The maximum atomic E-state index is 13.1. The minimum absolute atomic E-state index is 0.0794. The Morgan fingerprint density at radius 3 is 2.28 bits per heavy atom. The Balaban J connectivity index is 1.61. The van der Waals surface area contributed by atoms with Gasteiger partial charge in [-0.3, -0.25) is 9.69 Å². The van der Waals surface area contributed by atoms with Crippen LogP contribution in [0.4, 0.5) is 0 Å². The molecule has 2 fully saturated rings. The second kappa shape index (κ2) is 9.27. The van der Waals surface area contributed by atoms with Crippen LogP contribution < -0.4 is 0 Å². The second-order valence-corrected chi connectivity index (χ2v) is 9.88. The molecule has 0 aliphatic carbocycles. The largest absolute Gasteiger partial charge is 0.381 e. The molecule has 6 nitrogen and oxygen atoms in total. The van der Waals surface area contributed by atoms with Crippen LogP contribution in [-0.4, -0.2) is 61.4 Å². The maximum Gasteiger partial charge on any atom is 0.160 e. The van der Waals surface area contributed by atoms with Crippen molar-refractivity contribution in [3.63, 3.8) is 0 Å². The molecular formula is C23H38N2O4. The van der Waals surface area contributed by atoms with E-state index in [1.165, 1.54) is 0 Å². The number of carbonyl (C=O) groups is 1. The van der Waals surface area contributed by atoms with Crippen molar-refractivity contribution in [2.45, 2.75) is 70.8 Å². The Labute approximate surface area is 175 Å². The first-order valence-corrected chi connectivity index (χ1v) is 11.1. The zero-order valence-corrected chi connectivity index (χ0v) is 18.8. The summed E-state index contributed by atoms with van der Waals surface area (Å²) in [5.74, 6) is 1.95. The third-order valence-electron chi connectivity index (χ3n) is 7.31. The molecule has 3 rings (SSSR count). The highest BCUT2D eigenvalue weighted by atomic mass is 16.5. The third kappa shape index (κ3) is 5.28.